The van der Waals surface area contributed by atoms with E-state index < -0.39 is 10.0 Å². The minimum absolute atomic E-state index is 0. The van der Waals surface area contributed by atoms with Crippen LogP contribution in [0.4, 0.5) is 5.82 Å². The summed E-state index contributed by atoms with van der Waals surface area (Å²) in [5.74, 6) is 0.679. The molecule has 1 aliphatic rings. The van der Waals surface area contributed by atoms with Gasteiger partial charge >= 0.3 is 0 Å². The van der Waals surface area contributed by atoms with E-state index in [1.807, 2.05) is 36.4 Å². The van der Waals surface area contributed by atoms with Gasteiger partial charge in [0.1, 0.15) is 0 Å². The summed E-state index contributed by atoms with van der Waals surface area (Å²) < 4.78 is 34.3. The van der Waals surface area contributed by atoms with E-state index in [1.165, 1.54) is 16.8 Å². The Balaban J connectivity index is 0.00000274. The SMILES string of the molecule is Cn1cnc(S(=O)(=O)N2CC=C(c3cnc(N)c(-c4nnc(-c5ccccc5)o4)n3)CC2)c1.[HH]. The molecule has 1 aromatic carbocycles. The average Bonchev–Trinajstić information content (AvgIpc) is 3.50. The van der Waals surface area contributed by atoms with Crippen molar-refractivity contribution >= 4 is 21.4 Å². The number of hydrogen-bond acceptors (Lipinski definition) is 9. The van der Waals surface area contributed by atoms with E-state index in [1.54, 1.807) is 17.8 Å². The molecular formula is C21H22N8O3S. The number of nitrogens with two attached hydrogens (primary N) is 1. The van der Waals surface area contributed by atoms with Crippen LogP contribution in [0.25, 0.3) is 28.6 Å². The van der Waals surface area contributed by atoms with Crippen molar-refractivity contribution < 1.29 is 14.3 Å². The summed E-state index contributed by atoms with van der Waals surface area (Å²) in [6.45, 7) is 0.499. The summed E-state index contributed by atoms with van der Waals surface area (Å²) >= 11 is 0. The molecule has 0 saturated carbocycles. The zero-order valence-corrected chi connectivity index (χ0v) is 18.5. The molecule has 0 radical (unpaired) electrons. The molecule has 0 amide bonds. The summed E-state index contributed by atoms with van der Waals surface area (Å²) in [4.78, 5) is 12.8. The second-order valence-corrected chi connectivity index (χ2v) is 9.37. The first-order chi connectivity index (χ1) is 15.9. The van der Waals surface area contributed by atoms with Gasteiger partial charge in [-0.2, -0.15) is 4.31 Å². The Labute approximate surface area is 191 Å². The fourth-order valence-corrected chi connectivity index (χ4v) is 4.83. The van der Waals surface area contributed by atoms with Crippen molar-refractivity contribution in [3.8, 4) is 23.0 Å². The Hall–Kier alpha value is -3.90. The van der Waals surface area contributed by atoms with E-state index in [-0.39, 0.29) is 30.4 Å². The van der Waals surface area contributed by atoms with Crippen molar-refractivity contribution in [3.05, 3.63) is 60.8 Å². The molecule has 170 valence electrons. The Morgan fingerprint density at radius 2 is 1.91 bits per heavy atom. The lowest BCUT2D eigenvalue weighted by Crippen LogP contribution is -2.35. The number of nitrogens with zero attached hydrogens (tertiary/aromatic N) is 7. The highest BCUT2D eigenvalue weighted by molar-refractivity contribution is 7.89. The molecule has 0 aliphatic carbocycles. The van der Waals surface area contributed by atoms with Crippen LogP contribution in [-0.4, -0.2) is 55.5 Å². The molecule has 0 fully saturated rings. The first-order valence-electron chi connectivity index (χ1n) is 10.1. The quantitative estimate of drug-likeness (QED) is 0.468. The molecule has 33 heavy (non-hydrogen) atoms. The van der Waals surface area contributed by atoms with E-state index in [9.17, 15) is 8.42 Å². The Morgan fingerprint density at radius 3 is 2.61 bits per heavy atom. The molecule has 4 aromatic rings. The largest absolute Gasteiger partial charge is 0.414 e. The molecule has 2 N–H and O–H groups in total. The van der Waals surface area contributed by atoms with Crippen LogP contribution >= 0.6 is 0 Å². The number of anilines is 1. The molecule has 1 aliphatic heterocycles. The third kappa shape index (κ3) is 4.01. The standard InChI is InChI=1S/C21H20N8O3S.H2/c1-28-12-17(24-13-28)33(30,31)29-9-7-14(8-10-29)16-11-23-19(22)18(25-16)21-27-26-20(32-21)15-5-3-2-4-6-15;/h2-7,11-13H,8-10H2,1H3,(H2,22,23);1H. The zero-order chi connectivity index (χ0) is 23.0. The molecule has 0 spiro atoms. The highest BCUT2D eigenvalue weighted by Gasteiger charge is 2.29. The van der Waals surface area contributed by atoms with Gasteiger partial charge in [-0.25, -0.2) is 23.4 Å². The maximum atomic E-state index is 12.8. The number of aryl methyl sites for hydroxylation is 1. The minimum atomic E-state index is -3.66. The van der Waals surface area contributed by atoms with Gasteiger partial charge < -0.3 is 14.7 Å². The van der Waals surface area contributed by atoms with Gasteiger partial charge in [-0.1, -0.05) is 24.3 Å². The van der Waals surface area contributed by atoms with Crippen LogP contribution in [0.2, 0.25) is 0 Å². The van der Waals surface area contributed by atoms with E-state index >= 15 is 0 Å². The van der Waals surface area contributed by atoms with E-state index in [2.05, 4.69) is 25.1 Å². The van der Waals surface area contributed by atoms with Crippen molar-refractivity contribution in [2.45, 2.75) is 11.4 Å². The predicted octanol–water partition coefficient (Wildman–Crippen LogP) is 2.23. The van der Waals surface area contributed by atoms with Crippen LogP contribution in [0.1, 0.15) is 13.5 Å². The second-order valence-electron chi connectivity index (χ2n) is 7.49. The fourth-order valence-electron chi connectivity index (χ4n) is 3.48. The fraction of sp³-hybridized carbons (Fsp3) is 0.190. The summed E-state index contributed by atoms with van der Waals surface area (Å²) in [5.41, 5.74) is 8.53. The molecule has 4 heterocycles. The van der Waals surface area contributed by atoms with Crippen LogP contribution in [0.3, 0.4) is 0 Å². The van der Waals surface area contributed by atoms with Crippen LogP contribution in [0.15, 0.2) is 64.6 Å². The van der Waals surface area contributed by atoms with Crippen molar-refractivity contribution in [1.29, 1.82) is 0 Å². The Kier molecular flexibility index (Phi) is 5.23. The number of nitrogen functional groups attached to an aromatic ring is 1. The minimum Gasteiger partial charge on any atom is -0.414 e. The maximum Gasteiger partial charge on any atom is 0.270 e. The smallest absolute Gasteiger partial charge is 0.270 e. The number of aromatic nitrogens is 6. The molecule has 12 heteroatoms. The molecule has 0 unspecified atom stereocenters. The van der Waals surface area contributed by atoms with Crippen molar-refractivity contribution in [3.63, 3.8) is 0 Å². The number of benzene rings is 1. The van der Waals surface area contributed by atoms with Crippen LogP contribution in [-0.2, 0) is 17.1 Å². The van der Waals surface area contributed by atoms with Crippen LogP contribution < -0.4 is 5.73 Å². The van der Waals surface area contributed by atoms with Gasteiger partial charge in [0.15, 0.2) is 16.5 Å². The number of hydrogen-bond donors (Lipinski definition) is 1. The van der Waals surface area contributed by atoms with Gasteiger partial charge in [-0.15, -0.1) is 10.2 Å². The Morgan fingerprint density at radius 1 is 1.12 bits per heavy atom. The number of imidazole rings is 1. The highest BCUT2D eigenvalue weighted by atomic mass is 32.2. The predicted molar refractivity (Wildman–Crippen MR) is 122 cm³/mol. The lowest BCUT2D eigenvalue weighted by molar-refractivity contribution is 0.439. The molecule has 0 atom stereocenters. The second kappa shape index (κ2) is 8.22. The first-order valence-corrected chi connectivity index (χ1v) is 11.5. The average molecular weight is 467 g/mol. The topological polar surface area (TPSA) is 146 Å². The molecular weight excluding hydrogens is 444 g/mol. The van der Waals surface area contributed by atoms with Gasteiger partial charge in [0.2, 0.25) is 5.89 Å². The van der Waals surface area contributed by atoms with Crippen molar-refractivity contribution in [2.75, 3.05) is 18.8 Å². The summed E-state index contributed by atoms with van der Waals surface area (Å²) in [6.07, 6.45) is 6.78. The zero-order valence-electron chi connectivity index (χ0n) is 17.7. The van der Waals surface area contributed by atoms with Crippen LogP contribution in [0.5, 0.6) is 0 Å². The summed E-state index contributed by atoms with van der Waals surface area (Å²) in [7, 11) is -1.93. The first kappa shape index (κ1) is 21.0. The molecule has 11 nitrogen and oxygen atoms in total. The molecule has 0 saturated heterocycles. The number of sulfonamides is 1. The lowest BCUT2D eigenvalue weighted by Gasteiger charge is -2.24. The van der Waals surface area contributed by atoms with Gasteiger partial charge in [0.05, 0.1) is 18.2 Å². The van der Waals surface area contributed by atoms with Gasteiger partial charge in [0.25, 0.3) is 15.9 Å². The monoisotopic (exact) mass is 466 g/mol. The molecule has 5 rings (SSSR count). The van der Waals surface area contributed by atoms with Gasteiger partial charge in [0, 0.05) is 33.3 Å². The van der Waals surface area contributed by atoms with E-state index in [4.69, 9.17) is 10.2 Å². The van der Waals surface area contributed by atoms with E-state index in [0.29, 0.717) is 24.6 Å². The highest BCUT2D eigenvalue weighted by Crippen LogP contribution is 2.29. The Bertz CT molecular complexity index is 1450. The number of rotatable bonds is 5. The van der Waals surface area contributed by atoms with E-state index in [0.717, 1.165) is 11.1 Å². The third-order valence-corrected chi connectivity index (χ3v) is 6.99. The normalized spacial score (nSPS) is 14.9. The summed E-state index contributed by atoms with van der Waals surface area (Å²) in [6, 6.07) is 9.37. The lowest BCUT2D eigenvalue weighted by atomic mass is 10.1. The van der Waals surface area contributed by atoms with Crippen molar-refractivity contribution in [1.82, 2.24) is 34.0 Å². The third-order valence-electron chi connectivity index (χ3n) is 5.24. The van der Waals surface area contributed by atoms with Crippen LogP contribution in [0, 0.1) is 0 Å². The van der Waals surface area contributed by atoms with Gasteiger partial charge in [-0.3, -0.25) is 0 Å². The van der Waals surface area contributed by atoms with Gasteiger partial charge in [-0.05, 0) is 24.1 Å². The maximum absolute atomic E-state index is 12.8. The molecule has 0 bridgehead atoms. The molecule has 3 aromatic heterocycles. The summed E-state index contributed by atoms with van der Waals surface area (Å²) in [5, 5.41) is 8.18. The van der Waals surface area contributed by atoms with Crippen molar-refractivity contribution in [2.24, 2.45) is 7.05 Å².